The quantitative estimate of drug-likeness (QED) is 0.513. The van der Waals surface area contributed by atoms with Crippen molar-refractivity contribution in [3.05, 3.63) is 33.9 Å². The maximum Gasteiger partial charge on any atom is 0.283 e. The monoisotopic (exact) mass is 310 g/mol. The van der Waals surface area contributed by atoms with Gasteiger partial charge in [0.05, 0.1) is 16.4 Å². The number of thioether (sulfide) groups is 1. The molecule has 1 aliphatic heterocycles. The van der Waals surface area contributed by atoms with Crippen LogP contribution in [-0.2, 0) is 4.74 Å². The van der Waals surface area contributed by atoms with E-state index in [9.17, 15) is 14.9 Å². The summed E-state index contributed by atoms with van der Waals surface area (Å²) in [6.07, 6.45) is 2.69. The molecule has 0 unspecified atom stereocenters. The van der Waals surface area contributed by atoms with E-state index in [0.29, 0.717) is 23.0 Å². The number of ether oxygens (including phenoxy) is 1. The molecule has 1 N–H and O–H groups in total. The van der Waals surface area contributed by atoms with E-state index in [1.54, 1.807) is 18.4 Å². The Morgan fingerprint density at radius 2 is 2.33 bits per heavy atom. The summed E-state index contributed by atoms with van der Waals surface area (Å²) < 4.78 is 5.30. The molecule has 0 aliphatic carbocycles. The summed E-state index contributed by atoms with van der Waals surface area (Å²) in [7, 11) is 0. The zero-order valence-electron chi connectivity index (χ0n) is 12.0. The third kappa shape index (κ3) is 3.74. The van der Waals surface area contributed by atoms with Gasteiger partial charge >= 0.3 is 0 Å². The average Bonchev–Trinajstić information content (AvgIpc) is 3.00. The Bertz CT molecular complexity index is 544. The zero-order chi connectivity index (χ0) is 15.4. The average molecular weight is 310 g/mol. The number of carbonyl (C=O) groups excluding carboxylic acids is 1. The van der Waals surface area contributed by atoms with E-state index < -0.39 is 4.92 Å². The molecule has 0 spiro atoms. The lowest BCUT2D eigenvalue weighted by Crippen LogP contribution is -2.38. The molecule has 1 aromatic rings. The Kier molecular flexibility index (Phi) is 5.19. The molecular weight excluding hydrogens is 292 g/mol. The van der Waals surface area contributed by atoms with Crippen molar-refractivity contribution >= 4 is 23.4 Å². The van der Waals surface area contributed by atoms with Crippen molar-refractivity contribution in [2.24, 2.45) is 5.92 Å². The largest absolute Gasteiger partial charge is 0.381 e. The minimum absolute atomic E-state index is 0.0146. The predicted octanol–water partition coefficient (Wildman–Crippen LogP) is 2.47. The maximum atomic E-state index is 12.2. The highest BCUT2D eigenvalue weighted by Gasteiger charge is 2.24. The smallest absolute Gasteiger partial charge is 0.283 e. The van der Waals surface area contributed by atoms with Crippen LogP contribution in [0.1, 0.15) is 23.7 Å². The summed E-state index contributed by atoms with van der Waals surface area (Å²) in [4.78, 5) is 23.3. The minimum atomic E-state index is -0.461. The van der Waals surface area contributed by atoms with Gasteiger partial charge in [0.15, 0.2) is 0 Å². The van der Waals surface area contributed by atoms with Gasteiger partial charge in [-0.05, 0) is 31.7 Å². The second kappa shape index (κ2) is 6.91. The Balaban J connectivity index is 2.11. The Hall–Kier alpha value is -1.60. The number of nitrogens with one attached hydrogen (secondary N) is 1. The van der Waals surface area contributed by atoms with Gasteiger partial charge in [-0.25, -0.2) is 0 Å². The van der Waals surface area contributed by atoms with Gasteiger partial charge < -0.3 is 10.1 Å². The van der Waals surface area contributed by atoms with Crippen molar-refractivity contribution in [1.29, 1.82) is 0 Å². The lowest BCUT2D eigenvalue weighted by atomic mass is 10.0. The van der Waals surface area contributed by atoms with Crippen molar-refractivity contribution in [1.82, 2.24) is 5.32 Å². The van der Waals surface area contributed by atoms with E-state index in [1.807, 2.05) is 6.92 Å². The molecule has 1 fully saturated rings. The van der Waals surface area contributed by atoms with Crippen LogP contribution in [0.25, 0.3) is 0 Å². The molecule has 2 rings (SSSR count). The van der Waals surface area contributed by atoms with Gasteiger partial charge in [-0.1, -0.05) is 0 Å². The number of rotatable bonds is 5. The van der Waals surface area contributed by atoms with Gasteiger partial charge in [0, 0.05) is 30.2 Å². The molecule has 21 heavy (non-hydrogen) atoms. The highest BCUT2D eigenvalue weighted by molar-refractivity contribution is 7.98. The first-order valence-corrected chi connectivity index (χ1v) is 7.96. The molecule has 2 atom stereocenters. The number of amides is 1. The molecule has 0 aromatic heterocycles. The van der Waals surface area contributed by atoms with Gasteiger partial charge in [0.25, 0.3) is 11.6 Å². The van der Waals surface area contributed by atoms with E-state index >= 15 is 0 Å². The molecule has 1 saturated heterocycles. The number of nitro groups is 1. The number of nitro benzene ring substituents is 1. The normalized spacial score (nSPS) is 19.2. The molecule has 6 nitrogen and oxygen atoms in total. The third-order valence-corrected chi connectivity index (χ3v) is 4.45. The van der Waals surface area contributed by atoms with Crippen molar-refractivity contribution < 1.29 is 14.5 Å². The number of hydrogen-bond acceptors (Lipinski definition) is 5. The molecule has 7 heteroatoms. The van der Waals surface area contributed by atoms with Gasteiger partial charge in [-0.15, -0.1) is 11.8 Å². The Labute approximate surface area is 127 Å². The van der Waals surface area contributed by atoms with Gasteiger partial charge in [-0.2, -0.15) is 0 Å². The van der Waals surface area contributed by atoms with Crippen LogP contribution in [0, 0.1) is 16.0 Å². The van der Waals surface area contributed by atoms with Crippen LogP contribution < -0.4 is 5.32 Å². The fraction of sp³-hybridized carbons (Fsp3) is 0.500. The number of hydrogen-bond donors (Lipinski definition) is 1. The van der Waals surface area contributed by atoms with Crippen molar-refractivity contribution in [2.45, 2.75) is 24.3 Å². The molecule has 1 aromatic carbocycles. The third-order valence-electron chi connectivity index (χ3n) is 3.67. The predicted molar refractivity (Wildman–Crippen MR) is 80.7 cm³/mol. The first-order chi connectivity index (χ1) is 10.0. The standard InChI is InChI=1S/C14H18N2O4S/c1-9(11-5-6-20-8-11)15-14(17)10-3-4-13(21-2)12(7-10)16(18)19/h3-4,7,9,11H,5-6,8H2,1-2H3,(H,15,17)/t9-,11-/m1/s1. The summed E-state index contributed by atoms with van der Waals surface area (Å²) in [5, 5.41) is 13.9. The molecule has 1 aliphatic rings. The van der Waals surface area contributed by atoms with E-state index in [0.717, 1.165) is 13.0 Å². The van der Waals surface area contributed by atoms with E-state index in [-0.39, 0.29) is 17.6 Å². The number of benzene rings is 1. The van der Waals surface area contributed by atoms with Crippen LogP contribution in [-0.4, -0.2) is 36.3 Å². The second-order valence-corrected chi connectivity index (χ2v) is 5.88. The van der Waals surface area contributed by atoms with Crippen LogP contribution in [0.4, 0.5) is 5.69 Å². The summed E-state index contributed by atoms with van der Waals surface area (Å²) in [5.74, 6) is 0.0135. The van der Waals surface area contributed by atoms with Crippen LogP contribution in [0.3, 0.4) is 0 Å². The highest BCUT2D eigenvalue weighted by Crippen LogP contribution is 2.28. The van der Waals surface area contributed by atoms with Crippen molar-refractivity contribution in [2.75, 3.05) is 19.5 Å². The summed E-state index contributed by atoms with van der Waals surface area (Å²) in [5.41, 5.74) is 0.275. The van der Waals surface area contributed by atoms with Crippen LogP contribution in [0.5, 0.6) is 0 Å². The fourth-order valence-electron chi connectivity index (χ4n) is 2.33. The van der Waals surface area contributed by atoms with E-state index in [2.05, 4.69) is 5.32 Å². The first-order valence-electron chi connectivity index (χ1n) is 6.74. The van der Waals surface area contributed by atoms with Gasteiger partial charge in [0.2, 0.25) is 0 Å². The molecular formula is C14H18N2O4S. The topological polar surface area (TPSA) is 81.5 Å². The van der Waals surface area contributed by atoms with Crippen molar-refractivity contribution in [3.8, 4) is 0 Å². The molecule has 0 radical (unpaired) electrons. The highest BCUT2D eigenvalue weighted by atomic mass is 32.2. The lowest BCUT2D eigenvalue weighted by molar-refractivity contribution is -0.387. The molecule has 0 saturated carbocycles. The van der Waals surface area contributed by atoms with E-state index in [4.69, 9.17) is 4.74 Å². The first kappa shape index (κ1) is 15.8. The summed E-state index contributed by atoms with van der Waals surface area (Å²) in [6.45, 7) is 3.30. The second-order valence-electron chi connectivity index (χ2n) is 5.03. The van der Waals surface area contributed by atoms with Gasteiger partial charge in [0.1, 0.15) is 0 Å². The van der Waals surface area contributed by atoms with Crippen LogP contribution in [0.2, 0.25) is 0 Å². The van der Waals surface area contributed by atoms with E-state index in [1.165, 1.54) is 17.8 Å². The Morgan fingerprint density at radius 3 is 2.90 bits per heavy atom. The fourth-order valence-corrected chi connectivity index (χ4v) is 2.88. The number of carbonyl (C=O) groups is 1. The number of nitrogens with zero attached hydrogens (tertiary/aromatic N) is 1. The van der Waals surface area contributed by atoms with Gasteiger partial charge in [-0.3, -0.25) is 14.9 Å². The molecule has 1 amide bonds. The molecule has 114 valence electrons. The zero-order valence-corrected chi connectivity index (χ0v) is 12.8. The lowest BCUT2D eigenvalue weighted by Gasteiger charge is -2.19. The van der Waals surface area contributed by atoms with Crippen LogP contribution >= 0.6 is 11.8 Å². The maximum absolute atomic E-state index is 12.2. The minimum Gasteiger partial charge on any atom is -0.381 e. The van der Waals surface area contributed by atoms with Crippen molar-refractivity contribution in [3.63, 3.8) is 0 Å². The van der Waals surface area contributed by atoms with Crippen LogP contribution in [0.15, 0.2) is 23.1 Å². The summed E-state index contributed by atoms with van der Waals surface area (Å²) in [6, 6.07) is 4.55. The Morgan fingerprint density at radius 1 is 1.57 bits per heavy atom. The summed E-state index contributed by atoms with van der Waals surface area (Å²) >= 11 is 1.29. The molecule has 1 heterocycles. The SMILES string of the molecule is CSc1ccc(C(=O)N[C@H](C)[C@@H]2CCOC2)cc1[N+](=O)[O-]. The molecule has 0 bridgehead atoms.